The molecule has 4 rings (SSSR count). The lowest BCUT2D eigenvalue weighted by Gasteiger charge is -2.33. The van der Waals surface area contributed by atoms with Crippen LogP contribution < -0.4 is 9.64 Å². The summed E-state index contributed by atoms with van der Waals surface area (Å²) >= 11 is 0. The monoisotopic (exact) mass is 460 g/mol. The van der Waals surface area contributed by atoms with E-state index < -0.39 is 0 Å². The summed E-state index contributed by atoms with van der Waals surface area (Å²) in [7, 11) is 9.98. The van der Waals surface area contributed by atoms with Crippen molar-refractivity contribution in [1.29, 1.82) is 0 Å². The Labute approximate surface area is 203 Å². The molecule has 0 N–H and O–H groups in total. The van der Waals surface area contributed by atoms with Crippen LogP contribution in [-0.4, -0.2) is 73.1 Å². The summed E-state index contributed by atoms with van der Waals surface area (Å²) in [4.78, 5) is 20.8. The zero-order valence-electron chi connectivity index (χ0n) is 21.0. The molecule has 2 aromatic heterocycles. The number of aromatic nitrogens is 3. The van der Waals surface area contributed by atoms with E-state index in [4.69, 9.17) is 14.7 Å². The molecular weight excluding hydrogens is 424 g/mol. The van der Waals surface area contributed by atoms with E-state index in [1.165, 1.54) is 11.1 Å². The van der Waals surface area contributed by atoms with Crippen LogP contribution in [-0.2, 0) is 13.1 Å². The molecule has 0 radical (unpaired) electrons. The van der Waals surface area contributed by atoms with Gasteiger partial charge in [-0.1, -0.05) is 6.07 Å². The summed E-state index contributed by atoms with van der Waals surface area (Å²) in [5.41, 5.74) is 4.62. The third-order valence-corrected chi connectivity index (χ3v) is 6.27. The second kappa shape index (κ2) is 10.9. The summed E-state index contributed by atoms with van der Waals surface area (Å²) in [5.74, 6) is 3.01. The number of rotatable bonds is 8. The molecule has 1 fully saturated rings. The maximum absolute atomic E-state index is 5.58. The maximum Gasteiger partial charge on any atom is 0.163 e. The minimum atomic E-state index is 0.380. The lowest BCUT2D eigenvalue weighted by Crippen LogP contribution is -2.34. The Bertz CT molecular complexity index is 1090. The number of hydrogen-bond donors (Lipinski definition) is 0. The Morgan fingerprint density at radius 3 is 2.65 bits per heavy atom. The van der Waals surface area contributed by atoms with Crippen molar-refractivity contribution in [2.24, 2.45) is 0 Å². The van der Waals surface area contributed by atoms with Crippen molar-refractivity contribution >= 4 is 5.82 Å². The van der Waals surface area contributed by atoms with Crippen LogP contribution in [0.5, 0.6) is 5.75 Å². The van der Waals surface area contributed by atoms with E-state index in [0.29, 0.717) is 5.92 Å². The van der Waals surface area contributed by atoms with Crippen LogP contribution in [0.3, 0.4) is 0 Å². The van der Waals surface area contributed by atoms with E-state index in [0.717, 1.165) is 67.7 Å². The molecule has 3 heterocycles. The molecule has 1 aliphatic rings. The minimum absolute atomic E-state index is 0.380. The number of anilines is 1. The molecule has 1 saturated heterocycles. The lowest BCUT2D eigenvalue weighted by molar-refractivity contribution is 0.198. The molecule has 0 aliphatic carbocycles. The Balaban J connectivity index is 1.55. The zero-order valence-corrected chi connectivity index (χ0v) is 21.0. The van der Waals surface area contributed by atoms with Crippen LogP contribution in [0.1, 0.15) is 35.6 Å². The number of piperidine rings is 1. The highest BCUT2D eigenvalue weighted by molar-refractivity contribution is 5.56. The molecule has 1 atom stereocenters. The first kappa shape index (κ1) is 24.1. The Kier molecular flexibility index (Phi) is 7.75. The SMILES string of the molecule is COc1ccc(CN2CCC[C@H](c3cc(N(C)C)nc(-c4cccnc4)n3)C2)cc1CN(C)C. The summed E-state index contributed by atoms with van der Waals surface area (Å²) < 4.78 is 5.58. The van der Waals surface area contributed by atoms with Gasteiger partial charge in [-0.2, -0.15) is 0 Å². The average Bonchev–Trinajstić information content (AvgIpc) is 2.84. The third-order valence-electron chi connectivity index (χ3n) is 6.27. The van der Waals surface area contributed by atoms with Crippen LogP contribution in [0.2, 0.25) is 0 Å². The van der Waals surface area contributed by atoms with Gasteiger partial charge in [-0.25, -0.2) is 9.97 Å². The van der Waals surface area contributed by atoms with Gasteiger partial charge in [0, 0.05) is 69.2 Å². The first-order chi connectivity index (χ1) is 16.4. The number of likely N-dealkylation sites (tertiary alicyclic amines) is 1. The van der Waals surface area contributed by atoms with Crippen LogP contribution in [0.4, 0.5) is 5.82 Å². The molecule has 7 heteroatoms. The zero-order chi connectivity index (χ0) is 24.1. The highest BCUT2D eigenvalue weighted by atomic mass is 16.5. The summed E-state index contributed by atoms with van der Waals surface area (Å²) in [6, 6.07) is 12.7. The molecule has 1 aromatic carbocycles. The third kappa shape index (κ3) is 5.90. The van der Waals surface area contributed by atoms with Gasteiger partial charge in [0.1, 0.15) is 11.6 Å². The van der Waals surface area contributed by atoms with E-state index in [9.17, 15) is 0 Å². The summed E-state index contributed by atoms with van der Waals surface area (Å²) in [5, 5.41) is 0. The van der Waals surface area contributed by atoms with Crippen molar-refractivity contribution in [3.8, 4) is 17.1 Å². The quantitative estimate of drug-likeness (QED) is 0.503. The van der Waals surface area contributed by atoms with Crippen LogP contribution in [0, 0.1) is 0 Å². The van der Waals surface area contributed by atoms with Gasteiger partial charge in [-0.3, -0.25) is 9.88 Å². The van der Waals surface area contributed by atoms with Gasteiger partial charge < -0.3 is 14.5 Å². The van der Waals surface area contributed by atoms with E-state index in [2.05, 4.69) is 58.0 Å². The van der Waals surface area contributed by atoms with Gasteiger partial charge in [0.05, 0.1) is 12.8 Å². The van der Waals surface area contributed by atoms with Gasteiger partial charge in [0.2, 0.25) is 0 Å². The van der Waals surface area contributed by atoms with Gasteiger partial charge >= 0.3 is 0 Å². The average molecular weight is 461 g/mol. The fourth-order valence-corrected chi connectivity index (χ4v) is 4.61. The standard InChI is InChI=1S/C27H36N6O/c1-31(2)18-23-14-20(10-11-25(23)34-5)17-33-13-7-9-22(19-33)24-15-26(32(3)4)30-27(29-24)21-8-6-12-28-16-21/h6,8,10-12,14-16,22H,7,9,13,17-19H2,1-5H3/t22-/m0/s1. The molecular formula is C27H36N6O. The van der Waals surface area contributed by atoms with E-state index in [1.807, 2.05) is 32.4 Å². The predicted molar refractivity (Wildman–Crippen MR) is 137 cm³/mol. The van der Waals surface area contributed by atoms with Crippen molar-refractivity contribution in [3.63, 3.8) is 0 Å². The molecule has 0 unspecified atom stereocenters. The topological polar surface area (TPSA) is 57.6 Å². The number of benzene rings is 1. The fourth-order valence-electron chi connectivity index (χ4n) is 4.61. The Hall–Kier alpha value is -3.03. The molecule has 0 spiro atoms. The fraction of sp³-hybridized carbons (Fsp3) is 0.444. The predicted octanol–water partition coefficient (Wildman–Crippen LogP) is 4.05. The largest absolute Gasteiger partial charge is 0.496 e. The second-order valence-corrected chi connectivity index (χ2v) is 9.57. The van der Waals surface area contributed by atoms with Gasteiger partial charge in [0.25, 0.3) is 0 Å². The van der Waals surface area contributed by atoms with E-state index in [-0.39, 0.29) is 0 Å². The number of ether oxygens (including phenoxy) is 1. The van der Waals surface area contributed by atoms with Crippen molar-refractivity contribution in [3.05, 3.63) is 65.6 Å². The Morgan fingerprint density at radius 1 is 1.09 bits per heavy atom. The molecule has 180 valence electrons. The molecule has 1 aliphatic heterocycles. The number of hydrogen-bond acceptors (Lipinski definition) is 7. The van der Waals surface area contributed by atoms with Crippen LogP contribution in [0.25, 0.3) is 11.4 Å². The molecule has 0 amide bonds. The first-order valence-electron chi connectivity index (χ1n) is 11.9. The van der Waals surface area contributed by atoms with Gasteiger partial charge in [-0.15, -0.1) is 0 Å². The van der Waals surface area contributed by atoms with Crippen LogP contribution in [0.15, 0.2) is 48.8 Å². The molecule has 7 nitrogen and oxygen atoms in total. The van der Waals surface area contributed by atoms with Crippen molar-refractivity contribution < 1.29 is 4.74 Å². The molecule has 0 bridgehead atoms. The highest BCUT2D eigenvalue weighted by Crippen LogP contribution is 2.30. The minimum Gasteiger partial charge on any atom is -0.496 e. The van der Waals surface area contributed by atoms with Crippen molar-refractivity contribution in [1.82, 2.24) is 24.8 Å². The van der Waals surface area contributed by atoms with Gasteiger partial charge in [-0.05, 0) is 63.3 Å². The first-order valence-corrected chi connectivity index (χ1v) is 11.9. The van der Waals surface area contributed by atoms with E-state index >= 15 is 0 Å². The van der Waals surface area contributed by atoms with Crippen molar-refractivity contribution in [2.45, 2.75) is 31.8 Å². The number of methoxy groups -OCH3 is 1. The number of nitrogens with zero attached hydrogens (tertiary/aromatic N) is 6. The normalized spacial score (nSPS) is 16.6. The summed E-state index contributed by atoms with van der Waals surface area (Å²) in [6.45, 7) is 3.89. The summed E-state index contributed by atoms with van der Waals surface area (Å²) in [6.07, 6.45) is 5.92. The maximum atomic E-state index is 5.58. The Morgan fingerprint density at radius 2 is 1.94 bits per heavy atom. The van der Waals surface area contributed by atoms with Crippen LogP contribution >= 0.6 is 0 Å². The lowest BCUT2D eigenvalue weighted by atomic mass is 9.93. The second-order valence-electron chi connectivity index (χ2n) is 9.57. The highest BCUT2D eigenvalue weighted by Gasteiger charge is 2.24. The number of pyridine rings is 1. The molecule has 34 heavy (non-hydrogen) atoms. The van der Waals surface area contributed by atoms with E-state index in [1.54, 1.807) is 13.3 Å². The van der Waals surface area contributed by atoms with Gasteiger partial charge in [0.15, 0.2) is 5.82 Å². The smallest absolute Gasteiger partial charge is 0.163 e. The molecule has 0 saturated carbocycles. The van der Waals surface area contributed by atoms with Crippen molar-refractivity contribution in [2.75, 3.05) is 53.3 Å². The molecule has 3 aromatic rings.